The first kappa shape index (κ1) is 11.4. The highest BCUT2D eigenvalue weighted by atomic mass is 35.5. The zero-order chi connectivity index (χ0) is 9.68. The maximum absolute atomic E-state index is 6.20. The van der Waals surface area contributed by atoms with Gasteiger partial charge in [0.05, 0.1) is 0 Å². The van der Waals surface area contributed by atoms with Crippen LogP contribution < -0.4 is 0 Å². The van der Waals surface area contributed by atoms with Gasteiger partial charge in [0.1, 0.15) is 0 Å². The molecule has 1 saturated carbocycles. The van der Waals surface area contributed by atoms with E-state index in [-0.39, 0.29) is 0 Å². The van der Waals surface area contributed by atoms with Gasteiger partial charge in [0.2, 0.25) is 0 Å². The van der Waals surface area contributed by atoms with Crippen molar-refractivity contribution in [2.24, 2.45) is 11.8 Å². The van der Waals surface area contributed by atoms with E-state index >= 15 is 0 Å². The van der Waals surface area contributed by atoms with Crippen molar-refractivity contribution in [3.8, 4) is 0 Å². The lowest BCUT2D eigenvalue weighted by Crippen LogP contribution is -2.08. The molecule has 0 aliphatic heterocycles. The number of rotatable bonds is 5. The molecule has 1 unspecified atom stereocenters. The molecule has 0 saturated heterocycles. The second-order valence-electron chi connectivity index (χ2n) is 4.84. The Morgan fingerprint density at radius 2 is 1.85 bits per heavy atom. The molecule has 0 aromatic carbocycles. The van der Waals surface area contributed by atoms with E-state index in [0.717, 1.165) is 5.92 Å². The number of halogens is 1. The summed E-state index contributed by atoms with van der Waals surface area (Å²) in [5.41, 5.74) is 0. The Morgan fingerprint density at radius 3 is 2.38 bits per heavy atom. The van der Waals surface area contributed by atoms with Crippen molar-refractivity contribution in [1.82, 2.24) is 0 Å². The van der Waals surface area contributed by atoms with Crippen LogP contribution in [0.15, 0.2) is 0 Å². The van der Waals surface area contributed by atoms with E-state index in [1.165, 1.54) is 44.9 Å². The summed E-state index contributed by atoms with van der Waals surface area (Å²) in [5, 5.41) is 0.404. The normalized spacial score (nSPS) is 21.2. The lowest BCUT2D eigenvalue weighted by atomic mass is 9.97. The summed E-state index contributed by atoms with van der Waals surface area (Å²) in [6.07, 6.45) is 9.89. The molecule has 78 valence electrons. The van der Waals surface area contributed by atoms with E-state index in [0.29, 0.717) is 11.3 Å². The van der Waals surface area contributed by atoms with Crippen molar-refractivity contribution in [3.63, 3.8) is 0 Å². The van der Waals surface area contributed by atoms with Crippen molar-refractivity contribution < 1.29 is 0 Å². The number of hydrogen-bond donors (Lipinski definition) is 0. The zero-order valence-electron chi connectivity index (χ0n) is 9.06. The molecule has 0 aromatic rings. The topological polar surface area (TPSA) is 0 Å². The van der Waals surface area contributed by atoms with E-state index in [9.17, 15) is 0 Å². The molecule has 0 radical (unpaired) electrons. The van der Waals surface area contributed by atoms with Crippen LogP contribution in [-0.2, 0) is 0 Å². The number of alkyl halides is 1. The minimum absolute atomic E-state index is 0.404. The van der Waals surface area contributed by atoms with Crippen LogP contribution in [0.2, 0.25) is 0 Å². The van der Waals surface area contributed by atoms with Crippen LogP contribution in [0.3, 0.4) is 0 Å². The second kappa shape index (κ2) is 5.90. The van der Waals surface area contributed by atoms with E-state index in [2.05, 4.69) is 13.8 Å². The Hall–Kier alpha value is 0.290. The molecule has 0 nitrogen and oxygen atoms in total. The summed E-state index contributed by atoms with van der Waals surface area (Å²) in [4.78, 5) is 0. The molecular formula is C12H23Cl. The fourth-order valence-corrected chi connectivity index (χ4v) is 2.39. The van der Waals surface area contributed by atoms with Gasteiger partial charge in [-0.25, -0.2) is 0 Å². The van der Waals surface area contributed by atoms with Crippen molar-refractivity contribution in [1.29, 1.82) is 0 Å². The van der Waals surface area contributed by atoms with E-state index in [1.54, 1.807) is 0 Å². The lowest BCUT2D eigenvalue weighted by Gasteiger charge is -2.14. The summed E-state index contributed by atoms with van der Waals surface area (Å²) in [6.45, 7) is 4.43. The van der Waals surface area contributed by atoms with E-state index in [4.69, 9.17) is 11.6 Å². The van der Waals surface area contributed by atoms with Gasteiger partial charge in [-0.2, -0.15) is 0 Å². The van der Waals surface area contributed by atoms with Gasteiger partial charge in [0, 0.05) is 5.38 Å². The van der Waals surface area contributed by atoms with Gasteiger partial charge in [-0.15, -0.1) is 11.6 Å². The van der Waals surface area contributed by atoms with Gasteiger partial charge in [-0.1, -0.05) is 52.4 Å². The van der Waals surface area contributed by atoms with Crippen LogP contribution in [0.1, 0.15) is 58.8 Å². The first-order valence-electron chi connectivity index (χ1n) is 5.84. The monoisotopic (exact) mass is 202 g/mol. The van der Waals surface area contributed by atoms with Gasteiger partial charge in [-0.05, 0) is 18.3 Å². The van der Waals surface area contributed by atoms with Gasteiger partial charge >= 0.3 is 0 Å². The Labute approximate surface area is 88.1 Å². The molecule has 1 aliphatic carbocycles. The Morgan fingerprint density at radius 1 is 1.23 bits per heavy atom. The smallest absolute Gasteiger partial charge is 0.0359 e. The third kappa shape index (κ3) is 4.35. The van der Waals surface area contributed by atoms with Gasteiger partial charge in [0.15, 0.2) is 0 Å². The Kier molecular flexibility index (Phi) is 5.16. The molecule has 0 N–H and O–H groups in total. The third-order valence-corrected chi connectivity index (χ3v) is 4.01. The standard InChI is InChI=1S/C12H23Cl/c1-10(2)12(13)9-5-8-11-6-3-4-7-11/h10-12H,3-9H2,1-2H3. The average Bonchev–Trinajstić information content (AvgIpc) is 2.56. The van der Waals surface area contributed by atoms with Crippen LogP contribution in [0.4, 0.5) is 0 Å². The minimum atomic E-state index is 0.404. The highest BCUT2D eigenvalue weighted by Crippen LogP contribution is 2.30. The molecule has 1 heteroatoms. The zero-order valence-corrected chi connectivity index (χ0v) is 9.82. The molecule has 1 fully saturated rings. The van der Waals surface area contributed by atoms with Gasteiger partial charge < -0.3 is 0 Å². The van der Waals surface area contributed by atoms with Crippen LogP contribution in [0, 0.1) is 11.8 Å². The van der Waals surface area contributed by atoms with Crippen LogP contribution in [0.5, 0.6) is 0 Å². The Balaban J connectivity index is 1.99. The molecule has 1 rings (SSSR count). The second-order valence-corrected chi connectivity index (χ2v) is 5.40. The van der Waals surface area contributed by atoms with Crippen molar-refractivity contribution in [3.05, 3.63) is 0 Å². The molecule has 1 atom stereocenters. The van der Waals surface area contributed by atoms with Gasteiger partial charge in [-0.3, -0.25) is 0 Å². The fraction of sp³-hybridized carbons (Fsp3) is 1.00. The van der Waals surface area contributed by atoms with Crippen molar-refractivity contribution in [2.75, 3.05) is 0 Å². The molecule has 1 aliphatic rings. The van der Waals surface area contributed by atoms with Crippen LogP contribution in [0.25, 0.3) is 0 Å². The summed E-state index contributed by atoms with van der Waals surface area (Å²) in [6, 6.07) is 0. The van der Waals surface area contributed by atoms with E-state index < -0.39 is 0 Å². The fourth-order valence-electron chi connectivity index (χ4n) is 2.23. The summed E-state index contributed by atoms with van der Waals surface area (Å²) < 4.78 is 0. The SMILES string of the molecule is CC(C)C(Cl)CCCC1CCCC1. The largest absolute Gasteiger partial charge is 0.123 e. The highest BCUT2D eigenvalue weighted by molar-refractivity contribution is 6.20. The first-order valence-corrected chi connectivity index (χ1v) is 6.28. The summed E-state index contributed by atoms with van der Waals surface area (Å²) in [7, 11) is 0. The van der Waals surface area contributed by atoms with Crippen molar-refractivity contribution >= 4 is 11.6 Å². The number of hydrogen-bond acceptors (Lipinski definition) is 0. The quantitative estimate of drug-likeness (QED) is 0.572. The lowest BCUT2D eigenvalue weighted by molar-refractivity contribution is 0.450. The van der Waals surface area contributed by atoms with Crippen LogP contribution in [-0.4, -0.2) is 5.38 Å². The van der Waals surface area contributed by atoms with E-state index in [1.807, 2.05) is 0 Å². The molecule has 0 amide bonds. The predicted octanol–water partition coefficient (Wildman–Crippen LogP) is 4.61. The Bertz CT molecular complexity index is 123. The van der Waals surface area contributed by atoms with Crippen LogP contribution >= 0.6 is 11.6 Å². The molecular weight excluding hydrogens is 180 g/mol. The van der Waals surface area contributed by atoms with Gasteiger partial charge in [0.25, 0.3) is 0 Å². The average molecular weight is 203 g/mol. The summed E-state index contributed by atoms with van der Waals surface area (Å²) >= 11 is 6.20. The maximum Gasteiger partial charge on any atom is 0.0359 e. The summed E-state index contributed by atoms with van der Waals surface area (Å²) in [5.74, 6) is 1.68. The highest BCUT2D eigenvalue weighted by Gasteiger charge is 2.15. The maximum atomic E-state index is 6.20. The molecule has 0 bridgehead atoms. The molecule has 0 aromatic heterocycles. The first-order chi connectivity index (χ1) is 6.20. The molecule has 0 heterocycles. The van der Waals surface area contributed by atoms with Crippen molar-refractivity contribution in [2.45, 2.75) is 64.2 Å². The third-order valence-electron chi connectivity index (χ3n) is 3.29. The predicted molar refractivity (Wildman–Crippen MR) is 60.3 cm³/mol. The minimum Gasteiger partial charge on any atom is -0.123 e. The molecule has 0 spiro atoms. The molecule has 13 heavy (non-hydrogen) atoms.